The number of aromatic nitrogens is 2. The molecule has 1 aromatic rings. The Bertz CT molecular complexity index is 448. The van der Waals surface area contributed by atoms with Gasteiger partial charge in [-0.3, -0.25) is 4.79 Å². The molecule has 16 heavy (non-hydrogen) atoms. The maximum absolute atomic E-state index is 11.1. The van der Waals surface area contributed by atoms with Gasteiger partial charge in [0, 0.05) is 24.1 Å². The van der Waals surface area contributed by atoms with Crippen LogP contribution in [0.25, 0.3) is 0 Å². The van der Waals surface area contributed by atoms with Crippen LogP contribution < -0.4 is 10.5 Å². The zero-order chi connectivity index (χ0) is 11.5. The molecule has 2 N–H and O–H groups in total. The van der Waals surface area contributed by atoms with Gasteiger partial charge in [-0.1, -0.05) is 0 Å². The van der Waals surface area contributed by atoms with E-state index in [9.17, 15) is 9.59 Å². The van der Waals surface area contributed by atoms with Gasteiger partial charge in [-0.15, -0.1) is 0 Å². The second-order valence-corrected chi connectivity index (χ2v) is 4.54. The van der Waals surface area contributed by atoms with E-state index < -0.39 is 12.0 Å². The highest BCUT2D eigenvalue weighted by Gasteiger charge is 2.29. The normalized spacial score (nSPS) is 20.8. The Balaban J connectivity index is 2.30. The Hall–Kier alpha value is -1.50. The van der Waals surface area contributed by atoms with Gasteiger partial charge in [0.2, 0.25) is 0 Å². The van der Waals surface area contributed by atoms with Gasteiger partial charge in [-0.05, 0) is 0 Å². The number of hydrogen-bond acceptors (Lipinski definition) is 5. The van der Waals surface area contributed by atoms with Crippen LogP contribution in [0.1, 0.15) is 0 Å². The number of nitrogens with zero attached hydrogens (tertiary/aromatic N) is 2. The number of anilines is 1. The van der Waals surface area contributed by atoms with Crippen LogP contribution >= 0.6 is 11.8 Å². The van der Waals surface area contributed by atoms with Crippen molar-refractivity contribution in [1.29, 1.82) is 0 Å². The molecule has 0 amide bonds. The van der Waals surface area contributed by atoms with E-state index in [0.29, 0.717) is 18.1 Å². The lowest BCUT2D eigenvalue weighted by molar-refractivity contribution is -0.138. The maximum Gasteiger partial charge on any atom is 0.327 e. The van der Waals surface area contributed by atoms with E-state index >= 15 is 0 Å². The summed E-state index contributed by atoms with van der Waals surface area (Å²) in [5, 5.41) is 9.07. The molecule has 0 radical (unpaired) electrons. The van der Waals surface area contributed by atoms with E-state index in [0.717, 1.165) is 5.75 Å². The smallest absolute Gasteiger partial charge is 0.327 e. The molecule has 86 valence electrons. The highest BCUT2D eigenvalue weighted by Crippen LogP contribution is 2.21. The fraction of sp³-hybridized carbons (Fsp3) is 0.444. The molecule has 0 aromatic carbocycles. The Morgan fingerprint density at radius 1 is 1.69 bits per heavy atom. The number of hydrogen-bond donors (Lipinski definition) is 2. The van der Waals surface area contributed by atoms with E-state index in [4.69, 9.17) is 5.11 Å². The zero-order valence-corrected chi connectivity index (χ0v) is 9.24. The summed E-state index contributed by atoms with van der Waals surface area (Å²) in [6, 6.07) is 0.722. The van der Waals surface area contributed by atoms with Crippen molar-refractivity contribution in [1.82, 2.24) is 9.97 Å². The van der Waals surface area contributed by atoms with Crippen LogP contribution in [0.4, 0.5) is 5.82 Å². The molecule has 6 nitrogen and oxygen atoms in total. The molecule has 1 unspecified atom stereocenters. The molecule has 1 atom stereocenters. The van der Waals surface area contributed by atoms with Crippen LogP contribution in [0.3, 0.4) is 0 Å². The molecule has 0 spiro atoms. The number of H-pyrrole nitrogens is 1. The topological polar surface area (TPSA) is 86.3 Å². The predicted molar refractivity (Wildman–Crippen MR) is 61.0 cm³/mol. The first-order chi connectivity index (χ1) is 7.68. The fourth-order valence-electron chi connectivity index (χ4n) is 1.60. The average Bonchev–Trinajstić information content (AvgIpc) is 2.29. The van der Waals surface area contributed by atoms with Gasteiger partial charge in [0.15, 0.2) is 0 Å². The summed E-state index contributed by atoms with van der Waals surface area (Å²) >= 11 is 1.60. The van der Waals surface area contributed by atoms with Gasteiger partial charge in [-0.25, -0.2) is 9.78 Å². The summed E-state index contributed by atoms with van der Waals surface area (Å²) < 4.78 is 0. The SMILES string of the molecule is O=C(O)C1CSCCN1c1cc(=O)[nH]cn1. The van der Waals surface area contributed by atoms with E-state index in [1.54, 1.807) is 16.7 Å². The third-order valence-corrected chi connectivity index (χ3v) is 3.39. The second-order valence-electron chi connectivity index (χ2n) is 3.39. The molecule has 1 aliphatic rings. The summed E-state index contributed by atoms with van der Waals surface area (Å²) in [7, 11) is 0. The van der Waals surface area contributed by atoms with Crippen LogP contribution in [0.2, 0.25) is 0 Å². The van der Waals surface area contributed by atoms with Crippen molar-refractivity contribution < 1.29 is 9.90 Å². The van der Waals surface area contributed by atoms with E-state index in [-0.39, 0.29) is 5.56 Å². The Morgan fingerprint density at radius 3 is 3.19 bits per heavy atom. The second kappa shape index (κ2) is 4.56. The molecule has 7 heteroatoms. The number of nitrogens with one attached hydrogen (secondary N) is 1. The third-order valence-electron chi connectivity index (χ3n) is 2.37. The van der Waals surface area contributed by atoms with Crippen molar-refractivity contribution >= 4 is 23.5 Å². The molecule has 2 rings (SSSR count). The number of rotatable bonds is 2. The van der Waals surface area contributed by atoms with Gasteiger partial charge in [0.1, 0.15) is 11.9 Å². The highest BCUT2D eigenvalue weighted by molar-refractivity contribution is 7.99. The van der Waals surface area contributed by atoms with Crippen molar-refractivity contribution in [2.75, 3.05) is 23.0 Å². The molecule has 0 saturated carbocycles. The van der Waals surface area contributed by atoms with Crippen molar-refractivity contribution in [3.05, 3.63) is 22.7 Å². The van der Waals surface area contributed by atoms with Gasteiger partial charge >= 0.3 is 5.97 Å². The Morgan fingerprint density at radius 2 is 2.50 bits per heavy atom. The van der Waals surface area contributed by atoms with Crippen molar-refractivity contribution in [3.8, 4) is 0 Å². The first-order valence-corrected chi connectivity index (χ1v) is 5.96. The van der Waals surface area contributed by atoms with E-state index in [1.807, 2.05) is 0 Å². The minimum Gasteiger partial charge on any atom is -0.480 e. The van der Waals surface area contributed by atoms with Gasteiger partial charge in [-0.2, -0.15) is 11.8 Å². The van der Waals surface area contributed by atoms with Crippen molar-refractivity contribution in [3.63, 3.8) is 0 Å². The predicted octanol–water partition coefficient (Wildman–Crippen LogP) is -0.224. The average molecular weight is 241 g/mol. The Kier molecular flexibility index (Phi) is 3.14. The summed E-state index contributed by atoms with van der Waals surface area (Å²) in [6.45, 7) is 0.595. The number of aliphatic carboxylic acids is 1. The number of aromatic amines is 1. The lowest BCUT2D eigenvalue weighted by Gasteiger charge is -2.33. The van der Waals surface area contributed by atoms with Gasteiger partial charge < -0.3 is 15.0 Å². The first kappa shape index (κ1) is 11.0. The first-order valence-electron chi connectivity index (χ1n) is 4.80. The minimum absolute atomic E-state index is 0.271. The van der Waals surface area contributed by atoms with Crippen molar-refractivity contribution in [2.24, 2.45) is 0 Å². The summed E-state index contributed by atoms with van der Waals surface area (Å²) in [4.78, 5) is 30.3. The van der Waals surface area contributed by atoms with Crippen LogP contribution in [0.15, 0.2) is 17.2 Å². The lowest BCUT2D eigenvalue weighted by Crippen LogP contribution is -2.48. The monoisotopic (exact) mass is 241 g/mol. The van der Waals surface area contributed by atoms with E-state index in [1.165, 1.54) is 12.4 Å². The maximum atomic E-state index is 11.1. The molecular weight excluding hydrogens is 230 g/mol. The van der Waals surface area contributed by atoms with E-state index in [2.05, 4.69) is 9.97 Å². The third kappa shape index (κ3) is 2.19. The zero-order valence-electron chi connectivity index (χ0n) is 8.42. The van der Waals surface area contributed by atoms with Crippen LogP contribution in [-0.2, 0) is 4.79 Å². The standard InChI is InChI=1S/C9H11N3O3S/c13-8-3-7(10-5-11-8)12-1-2-16-4-6(12)9(14)15/h3,5-6H,1-2,4H2,(H,14,15)(H,10,11,13). The van der Waals surface area contributed by atoms with Gasteiger partial charge in [0.25, 0.3) is 5.56 Å². The summed E-state index contributed by atoms with van der Waals surface area (Å²) in [5.41, 5.74) is -0.271. The molecule has 0 aliphatic carbocycles. The summed E-state index contributed by atoms with van der Waals surface area (Å²) in [5.74, 6) is 0.910. The number of thioether (sulfide) groups is 1. The number of carboxylic acids is 1. The number of carbonyl (C=O) groups is 1. The molecule has 1 aromatic heterocycles. The molecule has 2 heterocycles. The molecule has 1 fully saturated rings. The lowest BCUT2D eigenvalue weighted by atomic mass is 10.2. The van der Waals surface area contributed by atoms with Gasteiger partial charge in [0.05, 0.1) is 6.33 Å². The molecule has 1 aliphatic heterocycles. The minimum atomic E-state index is -0.880. The molecule has 1 saturated heterocycles. The van der Waals surface area contributed by atoms with Crippen LogP contribution in [0.5, 0.6) is 0 Å². The highest BCUT2D eigenvalue weighted by atomic mass is 32.2. The van der Waals surface area contributed by atoms with Crippen LogP contribution in [0, 0.1) is 0 Å². The van der Waals surface area contributed by atoms with Crippen LogP contribution in [-0.4, -0.2) is 45.1 Å². The Labute approximate surface area is 95.7 Å². The fourth-order valence-corrected chi connectivity index (χ4v) is 2.64. The molecule has 0 bridgehead atoms. The quantitative estimate of drug-likeness (QED) is 0.744. The summed E-state index contributed by atoms with van der Waals surface area (Å²) in [6.07, 6.45) is 1.29. The van der Waals surface area contributed by atoms with Crippen molar-refractivity contribution in [2.45, 2.75) is 6.04 Å². The largest absolute Gasteiger partial charge is 0.480 e. The number of carboxylic acid groups (broad SMARTS) is 1. The molecular formula is C9H11N3O3S.